The van der Waals surface area contributed by atoms with Gasteiger partial charge in [0, 0.05) is 25.3 Å². The van der Waals surface area contributed by atoms with Crippen LogP contribution in [0.1, 0.15) is 56.6 Å². The number of aromatic nitrogens is 3. The molecule has 1 saturated carbocycles. The van der Waals surface area contributed by atoms with Gasteiger partial charge in [-0.1, -0.05) is 6.92 Å². The summed E-state index contributed by atoms with van der Waals surface area (Å²) in [6.07, 6.45) is 1.92. The van der Waals surface area contributed by atoms with Gasteiger partial charge in [0.25, 0.3) is 0 Å². The molecule has 1 unspecified atom stereocenters. The van der Waals surface area contributed by atoms with Crippen molar-refractivity contribution in [3.63, 3.8) is 0 Å². The zero-order chi connectivity index (χ0) is 13.2. The van der Waals surface area contributed by atoms with E-state index >= 15 is 0 Å². The molecule has 1 aromatic rings. The fraction of sp³-hybridized carbons (Fsp3) is 0.833. The minimum absolute atomic E-state index is 0.0295. The van der Waals surface area contributed by atoms with Crippen molar-refractivity contribution in [3.8, 4) is 0 Å². The van der Waals surface area contributed by atoms with Crippen molar-refractivity contribution in [3.05, 3.63) is 11.6 Å². The Hall–Kier alpha value is -1.04. The molecule has 0 saturated heterocycles. The van der Waals surface area contributed by atoms with E-state index in [1.165, 1.54) is 0 Å². The number of halogens is 2. The molecule has 0 amide bonds. The third-order valence-corrected chi connectivity index (χ3v) is 3.45. The number of rotatable bonds is 4. The summed E-state index contributed by atoms with van der Waals surface area (Å²) in [5, 5.41) is 17.1. The van der Waals surface area contributed by atoms with E-state index in [1.54, 1.807) is 4.57 Å². The number of hydrogen-bond acceptors (Lipinski definition) is 3. The minimum atomic E-state index is -2.59. The van der Waals surface area contributed by atoms with E-state index in [0.717, 1.165) is 12.8 Å². The first-order valence-corrected chi connectivity index (χ1v) is 6.48. The third kappa shape index (κ3) is 2.68. The van der Waals surface area contributed by atoms with Crippen molar-refractivity contribution in [2.45, 2.75) is 64.0 Å². The fourth-order valence-corrected chi connectivity index (χ4v) is 2.63. The second-order valence-corrected chi connectivity index (χ2v) is 4.93. The molecule has 18 heavy (non-hydrogen) atoms. The Bertz CT molecular complexity index is 406. The van der Waals surface area contributed by atoms with Crippen LogP contribution < -0.4 is 0 Å². The van der Waals surface area contributed by atoms with Crippen molar-refractivity contribution < 1.29 is 13.9 Å². The molecule has 1 aromatic heterocycles. The number of nitrogens with zero attached hydrogens (tertiary/aromatic N) is 3. The van der Waals surface area contributed by atoms with Crippen LogP contribution in [0.5, 0.6) is 0 Å². The second kappa shape index (κ2) is 5.30. The van der Waals surface area contributed by atoms with Crippen LogP contribution >= 0.6 is 0 Å². The SMILES string of the molecule is CCCn1c(CO)nnc1C1CCCC(F)(F)C1. The smallest absolute Gasteiger partial charge is 0.248 e. The van der Waals surface area contributed by atoms with Gasteiger partial charge in [0.1, 0.15) is 12.4 Å². The van der Waals surface area contributed by atoms with Crippen LogP contribution in [0.3, 0.4) is 0 Å². The first-order chi connectivity index (χ1) is 8.57. The lowest BCUT2D eigenvalue weighted by Gasteiger charge is -2.28. The van der Waals surface area contributed by atoms with E-state index in [1.807, 2.05) is 6.92 Å². The number of aliphatic hydroxyl groups is 1. The van der Waals surface area contributed by atoms with Gasteiger partial charge in [-0.15, -0.1) is 10.2 Å². The topological polar surface area (TPSA) is 50.9 Å². The lowest BCUT2D eigenvalue weighted by atomic mass is 9.86. The molecule has 2 rings (SSSR count). The van der Waals surface area contributed by atoms with Gasteiger partial charge in [0.15, 0.2) is 5.82 Å². The van der Waals surface area contributed by atoms with E-state index < -0.39 is 5.92 Å². The number of alkyl halides is 2. The molecule has 1 atom stereocenters. The molecule has 0 aliphatic heterocycles. The normalized spacial score (nSPS) is 23.2. The largest absolute Gasteiger partial charge is 0.388 e. The van der Waals surface area contributed by atoms with Gasteiger partial charge >= 0.3 is 0 Å². The van der Waals surface area contributed by atoms with Crippen LogP contribution in [0.25, 0.3) is 0 Å². The average molecular weight is 259 g/mol. The van der Waals surface area contributed by atoms with Crippen molar-refractivity contribution in [1.82, 2.24) is 14.8 Å². The molecular weight excluding hydrogens is 240 g/mol. The molecule has 1 aliphatic carbocycles. The van der Waals surface area contributed by atoms with Gasteiger partial charge in [-0.2, -0.15) is 0 Å². The maximum absolute atomic E-state index is 13.4. The van der Waals surface area contributed by atoms with Crippen molar-refractivity contribution in [2.24, 2.45) is 0 Å². The molecular formula is C12H19F2N3O. The molecule has 1 N–H and O–H groups in total. The van der Waals surface area contributed by atoms with Gasteiger partial charge in [-0.3, -0.25) is 0 Å². The molecule has 4 nitrogen and oxygen atoms in total. The quantitative estimate of drug-likeness (QED) is 0.903. The predicted octanol–water partition coefficient (Wildman–Crippen LogP) is 2.47. The molecule has 0 bridgehead atoms. The van der Waals surface area contributed by atoms with E-state index in [-0.39, 0.29) is 25.4 Å². The predicted molar refractivity (Wildman–Crippen MR) is 62.4 cm³/mol. The van der Waals surface area contributed by atoms with Gasteiger partial charge in [0.2, 0.25) is 5.92 Å². The highest BCUT2D eigenvalue weighted by Crippen LogP contribution is 2.41. The van der Waals surface area contributed by atoms with Crippen LogP contribution in [-0.2, 0) is 13.2 Å². The maximum Gasteiger partial charge on any atom is 0.248 e. The Kier molecular flexibility index (Phi) is 3.94. The van der Waals surface area contributed by atoms with Crippen LogP contribution in [0, 0.1) is 0 Å². The molecule has 0 aromatic carbocycles. The summed E-state index contributed by atoms with van der Waals surface area (Å²) in [4.78, 5) is 0. The molecule has 1 heterocycles. The fourth-order valence-electron chi connectivity index (χ4n) is 2.63. The third-order valence-electron chi connectivity index (χ3n) is 3.45. The summed E-state index contributed by atoms with van der Waals surface area (Å²) < 4.78 is 28.7. The Morgan fingerprint density at radius 2 is 2.22 bits per heavy atom. The van der Waals surface area contributed by atoms with Crippen molar-refractivity contribution >= 4 is 0 Å². The van der Waals surface area contributed by atoms with Crippen molar-refractivity contribution in [2.75, 3.05) is 0 Å². The Balaban J connectivity index is 2.24. The number of hydrogen-bond donors (Lipinski definition) is 1. The summed E-state index contributed by atoms with van der Waals surface area (Å²) in [6.45, 7) is 2.47. The Labute approximate surface area is 105 Å². The van der Waals surface area contributed by atoms with Crippen LogP contribution in [0.4, 0.5) is 8.78 Å². The lowest BCUT2D eigenvalue weighted by Crippen LogP contribution is -2.26. The van der Waals surface area contributed by atoms with E-state index in [2.05, 4.69) is 10.2 Å². The average Bonchev–Trinajstić information content (AvgIpc) is 2.71. The second-order valence-electron chi connectivity index (χ2n) is 4.93. The van der Waals surface area contributed by atoms with Gasteiger partial charge in [-0.25, -0.2) is 8.78 Å². The van der Waals surface area contributed by atoms with E-state index in [9.17, 15) is 13.9 Å². The highest BCUT2D eigenvalue weighted by atomic mass is 19.3. The lowest BCUT2D eigenvalue weighted by molar-refractivity contribution is -0.0421. The summed E-state index contributed by atoms with van der Waals surface area (Å²) in [7, 11) is 0. The molecule has 1 aliphatic rings. The first-order valence-electron chi connectivity index (χ1n) is 6.48. The standard InChI is InChI=1S/C12H19F2N3O/c1-2-6-17-10(8-18)15-16-11(17)9-4-3-5-12(13,14)7-9/h9,18H,2-8H2,1H3. The van der Waals surface area contributed by atoms with Crippen LogP contribution in [0.15, 0.2) is 0 Å². The van der Waals surface area contributed by atoms with Crippen LogP contribution in [-0.4, -0.2) is 25.8 Å². The summed E-state index contributed by atoms with van der Waals surface area (Å²) in [5.74, 6) is -1.75. The monoisotopic (exact) mass is 259 g/mol. The molecule has 102 valence electrons. The molecule has 0 radical (unpaired) electrons. The Morgan fingerprint density at radius 3 is 2.83 bits per heavy atom. The molecule has 0 spiro atoms. The van der Waals surface area contributed by atoms with Crippen LogP contribution in [0.2, 0.25) is 0 Å². The van der Waals surface area contributed by atoms with Gasteiger partial charge in [0.05, 0.1) is 0 Å². The highest BCUT2D eigenvalue weighted by Gasteiger charge is 2.38. The minimum Gasteiger partial charge on any atom is -0.388 e. The molecule has 6 heteroatoms. The highest BCUT2D eigenvalue weighted by molar-refractivity contribution is 5.05. The summed E-state index contributed by atoms with van der Waals surface area (Å²) >= 11 is 0. The van der Waals surface area contributed by atoms with Gasteiger partial charge in [-0.05, 0) is 19.3 Å². The van der Waals surface area contributed by atoms with Gasteiger partial charge < -0.3 is 9.67 Å². The summed E-state index contributed by atoms with van der Waals surface area (Å²) in [6, 6.07) is 0. The zero-order valence-electron chi connectivity index (χ0n) is 10.6. The van der Waals surface area contributed by atoms with E-state index in [0.29, 0.717) is 24.6 Å². The van der Waals surface area contributed by atoms with Crippen molar-refractivity contribution in [1.29, 1.82) is 0 Å². The Morgan fingerprint density at radius 1 is 1.44 bits per heavy atom. The summed E-state index contributed by atoms with van der Waals surface area (Å²) in [5.41, 5.74) is 0. The maximum atomic E-state index is 13.4. The molecule has 1 fully saturated rings. The zero-order valence-corrected chi connectivity index (χ0v) is 10.6. The van der Waals surface area contributed by atoms with E-state index in [4.69, 9.17) is 0 Å². The first kappa shape index (κ1) is 13.4. The number of aliphatic hydroxyl groups excluding tert-OH is 1.